The van der Waals surface area contributed by atoms with Gasteiger partial charge >= 0.3 is 12.0 Å². The van der Waals surface area contributed by atoms with Gasteiger partial charge in [-0.25, -0.2) is 32.0 Å². The van der Waals surface area contributed by atoms with E-state index in [9.17, 15) is 36.4 Å². The molecule has 4 amide bonds. The quantitative estimate of drug-likeness (QED) is 0.262. The number of aromatic nitrogens is 2. The zero-order valence-corrected chi connectivity index (χ0v) is 34.4. The number of carbonyl (C=O) groups excluding carboxylic acids is 4. The van der Waals surface area contributed by atoms with Crippen LogP contribution >= 0.6 is 0 Å². The summed E-state index contributed by atoms with van der Waals surface area (Å²) in [5, 5.41) is 4.92. The molecule has 0 spiro atoms. The maximum Gasteiger partial charge on any atom is 0.408 e. The van der Waals surface area contributed by atoms with Crippen molar-refractivity contribution in [3.8, 4) is 5.88 Å². The van der Waals surface area contributed by atoms with Gasteiger partial charge < -0.3 is 29.7 Å². The number of fused-ring (bicyclic) bond motifs is 5. The third kappa shape index (κ3) is 9.12. The molecular formula is C39H50F4N6O9S. The van der Waals surface area contributed by atoms with Gasteiger partial charge in [-0.15, -0.1) is 0 Å². The normalized spacial score (nSPS) is 28.1. The molecular weight excluding hydrogens is 805 g/mol. The fourth-order valence-corrected chi connectivity index (χ4v) is 8.70. The Morgan fingerprint density at radius 3 is 2.29 bits per heavy atom. The van der Waals surface area contributed by atoms with Crippen LogP contribution in [0.2, 0.25) is 0 Å². The van der Waals surface area contributed by atoms with E-state index < -0.39 is 123 Å². The number of amides is 4. The maximum atomic E-state index is 16.1. The SMILES string of the molecule is CC(C(F)F)C(C)(NC(=O)[C@@H]1C[C@@H]2CN1C(=O)[C@H](C(C)(C)C)NC(=O)O[C@@H]1CCC[C@H]1OC/C=C/C(F)(F)c1nc3ccccc3nc1O2)C(=O)NS(=O)(=O)C1(C)CC1. The van der Waals surface area contributed by atoms with Crippen molar-refractivity contribution < 1.29 is 59.4 Å². The van der Waals surface area contributed by atoms with Crippen molar-refractivity contribution in [2.24, 2.45) is 11.3 Å². The fraction of sp³-hybridized carbons (Fsp3) is 0.641. The molecule has 324 valence electrons. The molecule has 59 heavy (non-hydrogen) atoms. The monoisotopic (exact) mass is 854 g/mol. The number of hydrogen-bond donors (Lipinski definition) is 3. The Hall–Kier alpha value is -4.59. The number of benzene rings is 1. The van der Waals surface area contributed by atoms with E-state index in [1.54, 1.807) is 32.9 Å². The first kappa shape index (κ1) is 44.0. The molecule has 2 aliphatic heterocycles. The second kappa shape index (κ2) is 16.1. The molecule has 6 rings (SSSR count). The number of halogens is 4. The molecule has 3 fully saturated rings. The zero-order chi connectivity index (χ0) is 43.3. The molecule has 2 unspecified atom stereocenters. The van der Waals surface area contributed by atoms with Gasteiger partial charge in [-0.05, 0) is 69.6 Å². The summed E-state index contributed by atoms with van der Waals surface area (Å²) in [5.74, 6) is -9.79. The smallest absolute Gasteiger partial charge is 0.408 e. The van der Waals surface area contributed by atoms with E-state index in [2.05, 4.69) is 20.6 Å². The minimum Gasteiger partial charge on any atom is -0.471 e. The van der Waals surface area contributed by atoms with Gasteiger partial charge in [0, 0.05) is 12.3 Å². The third-order valence-corrected chi connectivity index (χ3v) is 13.9. The molecule has 15 nitrogen and oxygen atoms in total. The average Bonchev–Trinajstić information content (AvgIpc) is 3.56. The zero-order valence-electron chi connectivity index (χ0n) is 33.6. The molecule has 2 aliphatic carbocycles. The van der Waals surface area contributed by atoms with Crippen LogP contribution in [0.3, 0.4) is 0 Å². The molecule has 20 heteroatoms. The van der Waals surface area contributed by atoms with E-state index in [1.807, 2.05) is 4.72 Å². The Bertz CT molecular complexity index is 2110. The van der Waals surface area contributed by atoms with E-state index in [-0.39, 0.29) is 30.5 Å². The lowest BCUT2D eigenvalue weighted by Gasteiger charge is -2.38. The van der Waals surface area contributed by atoms with Crippen LogP contribution in [0.1, 0.15) is 85.8 Å². The van der Waals surface area contributed by atoms with E-state index in [0.29, 0.717) is 25.3 Å². The van der Waals surface area contributed by atoms with Gasteiger partial charge in [-0.1, -0.05) is 45.9 Å². The van der Waals surface area contributed by atoms with E-state index in [4.69, 9.17) is 14.2 Å². The molecule has 1 aromatic heterocycles. The number of hydrogen-bond acceptors (Lipinski definition) is 11. The third-order valence-electron chi connectivity index (χ3n) is 11.7. The van der Waals surface area contributed by atoms with Gasteiger partial charge in [0.15, 0.2) is 5.69 Å². The summed E-state index contributed by atoms with van der Waals surface area (Å²) in [6.45, 7) is 7.48. The van der Waals surface area contributed by atoms with Gasteiger partial charge in [-0.2, -0.15) is 8.78 Å². The van der Waals surface area contributed by atoms with Crippen molar-refractivity contribution in [2.75, 3.05) is 13.2 Å². The highest BCUT2D eigenvalue weighted by Gasteiger charge is 2.55. The molecule has 2 bridgehead atoms. The van der Waals surface area contributed by atoms with Crippen LogP contribution in [-0.4, -0.2) is 107 Å². The van der Waals surface area contributed by atoms with Crippen LogP contribution in [-0.2, 0) is 39.8 Å². The summed E-state index contributed by atoms with van der Waals surface area (Å²) < 4.78 is 105. The first-order valence-electron chi connectivity index (χ1n) is 19.5. The Labute approximate surface area is 339 Å². The largest absolute Gasteiger partial charge is 0.471 e. The number of alkyl halides is 4. The Kier molecular flexibility index (Phi) is 12.0. The molecule has 3 N–H and O–H groups in total. The molecule has 1 saturated heterocycles. The van der Waals surface area contributed by atoms with Crippen molar-refractivity contribution in [1.82, 2.24) is 30.2 Å². The summed E-state index contributed by atoms with van der Waals surface area (Å²) in [6.07, 6.45) is -3.72. The number of nitrogens with zero attached hydrogens (tertiary/aromatic N) is 3. The minimum absolute atomic E-state index is 0.125. The van der Waals surface area contributed by atoms with Crippen LogP contribution < -0.4 is 20.1 Å². The van der Waals surface area contributed by atoms with Crippen molar-refractivity contribution in [3.63, 3.8) is 0 Å². The summed E-state index contributed by atoms with van der Waals surface area (Å²) >= 11 is 0. The molecule has 3 heterocycles. The van der Waals surface area contributed by atoms with Crippen LogP contribution in [0.25, 0.3) is 11.0 Å². The van der Waals surface area contributed by atoms with Crippen molar-refractivity contribution in [2.45, 2.75) is 133 Å². The highest BCUT2D eigenvalue weighted by atomic mass is 32.2. The standard InChI is InChI=1S/C39H50F4N6O9S/c1-21(30(40)41)38(6,34(52)48-59(54,55)37(5)16-17-37)47-31(50)25-19-22-20-49(25)33(51)29(36(2,3)4)46-35(53)58-27-14-9-13-26(27)56-18-10-15-39(42,43)28-32(57-22)45-24-12-8-7-11-23(24)44-28/h7-8,10-12,15,21-22,25-27,29-30H,9,13-14,16-20H2,1-6H3,(H,46,53)(H,47,50)(H,48,52)/b15-10+/t21?,22-,25+,26-,27-,29-,38?/m1/s1. The Morgan fingerprint density at radius 2 is 1.66 bits per heavy atom. The predicted molar refractivity (Wildman–Crippen MR) is 204 cm³/mol. The first-order valence-corrected chi connectivity index (χ1v) is 21.0. The van der Waals surface area contributed by atoms with E-state index in [1.165, 1.54) is 19.1 Å². The number of ether oxygens (including phenoxy) is 3. The van der Waals surface area contributed by atoms with Gasteiger partial charge in [0.1, 0.15) is 29.8 Å². The Balaban J connectivity index is 1.41. The number of alkyl carbamates (subject to hydrolysis) is 1. The van der Waals surface area contributed by atoms with E-state index >= 15 is 8.78 Å². The van der Waals surface area contributed by atoms with Crippen LogP contribution in [0.15, 0.2) is 36.4 Å². The minimum atomic E-state index is -4.35. The first-order chi connectivity index (χ1) is 27.5. The van der Waals surface area contributed by atoms with Gasteiger partial charge in [0.05, 0.1) is 35.0 Å². The molecule has 2 aromatic rings. The van der Waals surface area contributed by atoms with Crippen LogP contribution in [0.5, 0.6) is 5.88 Å². The molecule has 2 saturated carbocycles. The number of carbonyl (C=O) groups is 4. The highest BCUT2D eigenvalue weighted by molar-refractivity contribution is 7.91. The molecule has 1 aromatic carbocycles. The molecule has 0 radical (unpaired) electrons. The van der Waals surface area contributed by atoms with Gasteiger partial charge in [0.25, 0.3) is 5.91 Å². The van der Waals surface area contributed by atoms with Crippen LogP contribution in [0.4, 0.5) is 22.4 Å². The van der Waals surface area contributed by atoms with Gasteiger partial charge in [-0.3, -0.25) is 19.1 Å². The maximum absolute atomic E-state index is 16.1. The number of nitrogens with one attached hydrogen (secondary N) is 3. The lowest BCUT2D eigenvalue weighted by Crippen LogP contribution is -2.66. The fourth-order valence-electron chi connectivity index (χ4n) is 7.36. The summed E-state index contributed by atoms with van der Waals surface area (Å²) in [4.78, 5) is 65.7. The van der Waals surface area contributed by atoms with Crippen molar-refractivity contribution in [1.29, 1.82) is 0 Å². The van der Waals surface area contributed by atoms with Crippen molar-refractivity contribution in [3.05, 3.63) is 42.1 Å². The number of para-hydroxylation sites is 2. The van der Waals surface area contributed by atoms with Crippen molar-refractivity contribution >= 4 is 44.9 Å². The second-order valence-corrected chi connectivity index (χ2v) is 19.5. The average molecular weight is 855 g/mol. The highest BCUT2D eigenvalue weighted by Crippen LogP contribution is 2.43. The summed E-state index contributed by atoms with van der Waals surface area (Å²) in [6, 6.07) is 3.20. The molecule has 4 aliphatic rings. The topological polar surface area (TPSA) is 195 Å². The summed E-state index contributed by atoms with van der Waals surface area (Å²) in [5.41, 5.74) is -4.16. The van der Waals surface area contributed by atoms with Crippen LogP contribution in [0, 0.1) is 11.3 Å². The molecule has 7 atom stereocenters. The lowest BCUT2D eigenvalue weighted by molar-refractivity contribution is -0.145. The second-order valence-electron chi connectivity index (χ2n) is 17.3. The number of allylic oxidation sites excluding steroid dienone is 1. The van der Waals surface area contributed by atoms with Gasteiger partial charge in [0.2, 0.25) is 34.1 Å². The number of rotatable bonds is 7. The lowest BCUT2D eigenvalue weighted by atomic mass is 9.85. The Morgan fingerprint density at radius 1 is 1.02 bits per heavy atom. The van der Waals surface area contributed by atoms with E-state index in [0.717, 1.165) is 24.8 Å². The number of sulfonamides is 1. The summed E-state index contributed by atoms with van der Waals surface area (Å²) in [7, 11) is -4.35. The predicted octanol–water partition coefficient (Wildman–Crippen LogP) is 4.49.